The first-order valence-corrected chi connectivity index (χ1v) is 16.1. The van der Waals surface area contributed by atoms with Crippen LogP contribution in [0.4, 0.5) is 10.1 Å². The molecule has 1 fully saturated rings. The van der Waals surface area contributed by atoms with Crippen LogP contribution >= 0.6 is 11.6 Å². The average Bonchev–Trinajstić information content (AvgIpc) is 3.45. The number of fused-ring (bicyclic) bond motifs is 2. The number of hydrogen-bond acceptors (Lipinski definition) is 6. The number of aromatic nitrogens is 2. The third kappa shape index (κ3) is 5.78. The maximum absolute atomic E-state index is 13.6. The molecule has 1 unspecified atom stereocenters. The van der Waals surface area contributed by atoms with Gasteiger partial charge in [0.25, 0.3) is 0 Å². The van der Waals surface area contributed by atoms with E-state index in [1.807, 2.05) is 23.1 Å². The van der Waals surface area contributed by atoms with Crippen LogP contribution in [0.25, 0.3) is 11.3 Å². The number of rotatable bonds is 7. The first-order valence-electron chi connectivity index (χ1n) is 13.9. The van der Waals surface area contributed by atoms with Crippen molar-refractivity contribution in [2.24, 2.45) is 0 Å². The average molecular weight is 602 g/mol. The van der Waals surface area contributed by atoms with Crippen LogP contribution < -0.4 is 4.90 Å². The summed E-state index contributed by atoms with van der Waals surface area (Å²) in [5, 5.41) is 16.5. The summed E-state index contributed by atoms with van der Waals surface area (Å²) < 4.78 is 41.3. The van der Waals surface area contributed by atoms with Gasteiger partial charge in [-0.1, -0.05) is 11.6 Å². The van der Waals surface area contributed by atoms with Gasteiger partial charge in [-0.3, -0.25) is 9.48 Å². The lowest BCUT2D eigenvalue weighted by molar-refractivity contribution is -0.118. The minimum absolute atomic E-state index is 0.107. The molecule has 1 N–H and O–H groups in total. The van der Waals surface area contributed by atoms with Crippen molar-refractivity contribution in [3.63, 3.8) is 0 Å². The Morgan fingerprint density at radius 1 is 1.10 bits per heavy atom. The van der Waals surface area contributed by atoms with Gasteiger partial charge in [0.15, 0.2) is 0 Å². The maximum atomic E-state index is 13.6. The Hall–Kier alpha value is -2.83. The van der Waals surface area contributed by atoms with Crippen LogP contribution in [0.2, 0.25) is 5.02 Å². The van der Waals surface area contributed by atoms with E-state index in [9.17, 15) is 22.7 Å². The maximum Gasteiger partial charge on any atom is 0.231 e. The molecule has 2 aromatic carbocycles. The van der Waals surface area contributed by atoms with Crippen LogP contribution in [0.1, 0.15) is 29.7 Å². The number of carbonyl (C=O) groups is 1. The van der Waals surface area contributed by atoms with E-state index < -0.39 is 16.1 Å². The molecule has 3 aliphatic heterocycles. The second-order valence-corrected chi connectivity index (χ2v) is 13.6. The molecule has 1 saturated heterocycles. The fourth-order valence-corrected chi connectivity index (χ4v) is 7.35. The highest BCUT2D eigenvalue weighted by atomic mass is 35.5. The summed E-state index contributed by atoms with van der Waals surface area (Å²) in [6.07, 6.45) is 2.99. The lowest BCUT2D eigenvalue weighted by Crippen LogP contribution is -2.48. The van der Waals surface area contributed by atoms with E-state index >= 15 is 0 Å². The van der Waals surface area contributed by atoms with Gasteiger partial charge in [0, 0.05) is 72.7 Å². The molecule has 1 atom stereocenters. The zero-order valence-electron chi connectivity index (χ0n) is 22.8. The largest absolute Gasteiger partial charge is 0.390 e. The van der Waals surface area contributed by atoms with Gasteiger partial charge < -0.3 is 14.9 Å². The summed E-state index contributed by atoms with van der Waals surface area (Å²) in [6.45, 7) is 2.78. The van der Waals surface area contributed by atoms with Crippen LogP contribution in [0, 0.1) is 5.82 Å². The van der Waals surface area contributed by atoms with Crippen molar-refractivity contribution in [2.45, 2.75) is 50.9 Å². The van der Waals surface area contributed by atoms with Crippen LogP contribution in [0.3, 0.4) is 0 Å². The van der Waals surface area contributed by atoms with Gasteiger partial charge in [-0.25, -0.2) is 12.8 Å². The van der Waals surface area contributed by atoms with Crippen molar-refractivity contribution in [1.29, 1.82) is 0 Å². The molecule has 3 aliphatic rings. The topological polar surface area (TPSA) is 99.0 Å². The first-order chi connectivity index (χ1) is 19.6. The third-order valence-electron chi connectivity index (χ3n) is 8.37. The summed E-state index contributed by atoms with van der Waals surface area (Å²) in [5.74, 6) is -0.252. The lowest BCUT2D eigenvalue weighted by atomic mass is 10.0. The molecule has 6 rings (SSSR count). The second-order valence-electron chi connectivity index (χ2n) is 11.2. The van der Waals surface area contributed by atoms with E-state index in [0.29, 0.717) is 42.2 Å². The number of β-amino-alcohol motifs (C(OH)–C–C–N with tert-alkyl or cyclic N) is 1. The fourth-order valence-electron chi connectivity index (χ4n) is 6.37. The van der Waals surface area contributed by atoms with Crippen LogP contribution in [0.5, 0.6) is 0 Å². The predicted molar refractivity (Wildman–Crippen MR) is 155 cm³/mol. The molecule has 41 heavy (non-hydrogen) atoms. The van der Waals surface area contributed by atoms with Gasteiger partial charge in [-0.2, -0.15) is 9.40 Å². The van der Waals surface area contributed by atoms with Gasteiger partial charge >= 0.3 is 0 Å². The van der Waals surface area contributed by atoms with Gasteiger partial charge in [0.2, 0.25) is 15.9 Å². The number of sulfonamides is 1. The monoisotopic (exact) mass is 601 g/mol. The number of nitrogens with zero attached hydrogens (tertiary/aromatic N) is 5. The minimum atomic E-state index is -3.39. The summed E-state index contributed by atoms with van der Waals surface area (Å²) >= 11 is 6.13. The van der Waals surface area contributed by atoms with Gasteiger partial charge in [-0.15, -0.1) is 0 Å². The number of aliphatic hydroxyl groups is 1. The van der Waals surface area contributed by atoms with Crippen molar-refractivity contribution in [1.82, 2.24) is 19.0 Å². The Labute approximate surface area is 244 Å². The molecule has 1 amide bonds. The summed E-state index contributed by atoms with van der Waals surface area (Å²) in [7, 11) is -3.39. The minimum Gasteiger partial charge on any atom is -0.390 e. The molecule has 0 radical (unpaired) electrons. The Kier molecular flexibility index (Phi) is 7.67. The molecular formula is C29H33ClFN5O4S. The number of aliphatic hydroxyl groups excluding tert-OH is 1. The summed E-state index contributed by atoms with van der Waals surface area (Å²) in [6, 6.07) is 11.7. The van der Waals surface area contributed by atoms with E-state index in [2.05, 4.69) is 4.90 Å². The fraction of sp³-hybridized carbons (Fsp3) is 0.448. The number of piperidine rings is 1. The second kappa shape index (κ2) is 11.1. The molecule has 0 saturated carbocycles. The highest BCUT2D eigenvalue weighted by Crippen LogP contribution is 2.35. The molecule has 12 heteroatoms. The van der Waals surface area contributed by atoms with E-state index in [1.165, 1.54) is 22.7 Å². The molecule has 3 aromatic rings. The van der Waals surface area contributed by atoms with E-state index in [-0.39, 0.29) is 30.9 Å². The molecule has 0 aliphatic carbocycles. The van der Waals surface area contributed by atoms with Crippen LogP contribution in [-0.2, 0) is 40.7 Å². The van der Waals surface area contributed by atoms with Crippen molar-refractivity contribution < 1.29 is 22.7 Å². The van der Waals surface area contributed by atoms with Crippen molar-refractivity contribution in [2.75, 3.05) is 37.3 Å². The van der Waals surface area contributed by atoms with Crippen molar-refractivity contribution >= 4 is 33.2 Å². The van der Waals surface area contributed by atoms with Crippen molar-refractivity contribution in [3.8, 4) is 11.3 Å². The number of anilines is 1. The highest BCUT2D eigenvalue weighted by Gasteiger charge is 2.35. The number of carbonyl (C=O) groups excluding carboxylic acids is 1. The zero-order chi connectivity index (χ0) is 28.9. The summed E-state index contributed by atoms with van der Waals surface area (Å²) in [4.78, 5) is 16.9. The Balaban J connectivity index is 1.13. The van der Waals surface area contributed by atoms with Gasteiger partial charge in [0.05, 0.1) is 31.0 Å². The molecule has 4 heterocycles. The van der Waals surface area contributed by atoms with E-state index in [1.54, 1.807) is 16.8 Å². The number of amides is 1. The van der Waals surface area contributed by atoms with E-state index in [0.717, 1.165) is 48.4 Å². The van der Waals surface area contributed by atoms with Crippen molar-refractivity contribution in [3.05, 3.63) is 70.1 Å². The standard InChI is InChI=1S/C29H33ClFN5O4S/c1-41(39,40)34-13-10-27-25(18-34)29(19-2-5-22(31)6-3-19)32-35(27)17-24(37)16-33-11-8-23(9-12-33)36-26-7-4-21(30)14-20(26)15-28(36)38/h2-7,14,23-24,37H,8-13,15-18H2,1H3. The van der Waals surface area contributed by atoms with Gasteiger partial charge in [-0.05, 0) is 60.9 Å². The number of likely N-dealkylation sites (tertiary alicyclic amines) is 1. The molecule has 218 valence electrons. The molecular weight excluding hydrogens is 569 g/mol. The molecule has 0 spiro atoms. The third-order valence-corrected chi connectivity index (χ3v) is 9.86. The van der Waals surface area contributed by atoms with Crippen LogP contribution in [0.15, 0.2) is 42.5 Å². The highest BCUT2D eigenvalue weighted by molar-refractivity contribution is 7.88. The Morgan fingerprint density at radius 2 is 1.83 bits per heavy atom. The van der Waals surface area contributed by atoms with Crippen LogP contribution in [-0.4, -0.2) is 83.0 Å². The SMILES string of the molecule is CS(=O)(=O)N1CCc2c(c(-c3ccc(F)cc3)nn2CC(O)CN2CCC(N3C(=O)Cc4cc(Cl)ccc43)CC2)C1. The summed E-state index contributed by atoms with van der Waals surface area (Å²) in [5.41, 5.74) is 4.92. The lowest BCUT2D eigenvalue weighted by Gasteiger charge is -2.37. The number of halogens is 2. The normalized spacial score (nSPS) is 19.4. The first kappa shape index (κ1) is 28.3. The Morgan fingerprint density at radius 3 is 2.54 bits per heavy atom. The molecule has 9 nitrogen and oxygen atoms in total. The molecule has 1 aromatic heterocycles. The smallest absolute Gasteiger partial charge is 0.231 e. The van der Waals surface area contributed by atoms with E-state index in [4.69, 9.17) is 16.7 Å². The quantitative estimate of drug-likeness (QED) is 0.447. The zero-order valence-corrected chi connectivity index (χ0v) is 24.4. The number of hydrogen-bond donors (Lipinski definition) is 1. The molecule has 0 bridgehead atoms. The number of benzene rings is 2. The Bertz CT molecular complexity index is 1570. The van der Waals surface area contributed by atoms with Gasteiger partial charge in [0.1, 0.15) is 5.82 Å². The predicted octanol–water partition coefficient (Wildman–Crippen LogP) is 3.07.